The van der Waals surface area contributed by atoms with Crippen molar-refractivity contribution >= 4 is 5.97 Å². The molecule has 0 saturated carbocycles. The largest absolute Gasteiger partial charge is 0.480 e. The van der Waals surface area contributed by atoms with Gasteiger partial charge in [0.05, 0.1) is 6.20 Å². The molecular formula is C9H15N3O2. The first-order valence-corrected chi connectivity index (χ1v) is 4.58. The highest BCUT2D eigenvalue weighted by Crippen LogP contribution is 2.15. The topological polar surface area (TPSA) is 81.1 Å². The molecule has 5 heteroatoms. The zero-order chi connectivity index (χ0) is 10.7. The Morgan fingerprint density at radius 3 is 2.93 bits per heavy atom. The summed E-state index contributed by atoms with van der Waals surface area (Å²) in [4.78, 5) is 10.7. The average molecular weight is 197 g/mol. The lowest BCUT2D eigenvalue weighted by molar-refractivity contribution is -0.138. The van der Waals surface area contributed by atoms with Gasteiger partial charge in [-0.25, -0.2) is 0 Å². The number of aryl methyl sites for hydroxylation is 1. The van der Waals surface area contributed by atoms with E-state index >= 15 is 0 Å². The van der Waals surface area contributed by atoms with Crippen LogP contribution in [0.3, 0.4) is 0 Å². The van der Waals surface area contributed by atoms with Crippen molar-refractivity contribution in [1.29, 1.82) is 0 Å². The number of rotatable bonds is 4. The van der Waals surface area contributed by atoms with Crippen LogP contribution in [0.2, 0.25) is 0 Å². The Morgan fingerprint density at radius 2 is 2.43 bits per heavy atom. The normalized spacial score (nSPS) is 12.8. The monoisotopic (exact) mass is 197 g/mol. The lowest BCUT2D eigenvalue weighted by Gasteiger charge is -2.06. The Bertz CT molecular complexity index is 333. The number of hydrogen-bond donors (Lipinski definition) is 2. The SMILES string of the molecule is CCCn1ncc(C(N)C(=O)O)c1C. The van der Waals surface area contributed by atoms with E-state index in [4.69, 9.17) is 10.8 Å². The van der Waals surface area contributed by atoms with E-state index in [0.29, 0.717) is 5.56 Å². The second-order valence-electron chi connectivity index (χ2n) is 3.22. The smallest absolute Gasteiger partial charge is 0.325 e. The maximum absolute atomic E-state index is 10.7. The van der Waals surface area contributed by atoms with Gasteiger partial charge in [-0.15, -0.1) is 0 Å². The van der Waals surface area contributed by atoms with Crippen LogP contribution in [-0.2, 0) is 11.3 Å². The zero-order valence-electron chi connectivity index (χ0n) is 8.40. The van der Waals surface area contributed by atoms with Gasteiger partial charge in [-0.05, 0) is 13.3 Å². The van der Waals surface area contributed by atoms with E-state index in [1.165, 1.54) is 6.20 Å². The van der Waals surface area contributed by atoms with Gasteiger partial charge in [-0.1, -0.05) is 6.92 Å². The minimum absolute atomic E-state index is 0.589. The van der Waals surface area contributed by atoms with E-state index in [0.717, 1.165) is 18.7 Å². The van der Waals surface area contributed by atoms with Crippen LogP contribution >= 0.6 is 0 Å². The minimum atomic E-state index is -1.02. The van der Waals surface area contributed by atoms with E-state index in [-0.39, 0.29) is 0 Å². The summed E-state index contributed by atoms with van der Waals surface area (Å²) in [5.41, 5.74) is 6.92. The van der Waals surface area contributed by atoms with E-state index in [9.17, 15) is 4.79 Å². The molecule has 0 radical (unpaired) electrons. The second-order valence-corrected chi connectivity index (χ2v) is 3.22. The summed E-state index contributed by atoms with van der Waals surface area (Å²) >= 11 is 0. The van der Waals surface area contributed by atoms with E-state index in [1.807, 2.05) is 13.8 Å². The van der Waals surface area contributed by atoms with Crippen molar-refractivity contribution in [3.05, 3.63) is 17.5 Å². The highest BCUT2D eigenvalue weighted by atomic mass is 16.4. The molecule has 1 atom stereocenters. The summed E-state index contributed by atoms with van der Waals surface area (Å²) in [5, 5.41) is 12.8. The molecule has 0 spiro atoms. The van der Waals surface area contributed by atoms with Gasteiger partial charge in [0.2, 0.25) is 0 Å². The number of nitrogens with zero attached hydrogens (tertiary/aromatic N) is 2. The number of nitrogens with two attached hydrogens (primary N) is 1. The Balaban J connectivity index is 2.94. The fourth-order valence-electron chi connectivity index (χ4n) is 1.34. The number of carboxylic acid groups (broad SMARTS) is 1. The molecule has 3 N–H and O–H groups in total. The highest BCUT2D eigenvalue weighted by Gasteiger charge is 2.19. The molecule has 5 nitrogen and oxygen atoms in total. The van der Waals surface area contributed by atoms with Gasteiger partial charge < -0.3 is 10.8 Å². The summed E-state index contributed by atoms with van der Waals surface area (Å²) < 4.78 is 1.78. The molecule has 0 bridgehead atoms. The van der Waals surface area contributed by atoms with Crippen molar-refractivity contribution in [3.63, 3.8) is 0 Å². The molecule has 78 valence electrons. The van der Waals surface area contributed by atoms with Gasteiger partial charge in [0.15, 0.2) is 0 Å². The third-order valence-corrected chi connectivity index (χ3v) is 2.18. The molecule has 0 fully saturated rings. The van der Waals surface area contributed by atoms with Gasteiger partial charge in [0, 0.05) is 17.8 Å². The van der Waals surface area contributed by atoms with Gasteiger partial charge in [-0.2, -0.15) is 5.10 Å². The first kappa shape index (κ1) is 10.7. The van der Waals surface area contributed by atoms with Gasteiger partial charge >= 0.3 is 5.97 Å². The lowest BCUT2D eigenvalue weighted by atomic mass is 10.1. The molecule has 1 aromatic rings. The van der Waals surface area contributed by atoms with Crippen LogP contribution in [0.4, 0.5) is 0 Å². The molecule has 14 heavy (non-hydrogen) atoms. The maximum Gasteiger partial charge on any atom is 0.325 e. The minimum Gasteiger partial charge on any atom is -0.480 e. The average Bonchev–Trinajstić information content (AvgIpc) is 2.48. The van der Waals surface area contributed by atoms with Crippen molar-refractivity contribution in [3.8, 4) is 0 Å². The quantitative estimate of drug-likeness (QED) is 0.744. The predicted octanol–water partition coefficient (Wildman–Crippen LogP) is 0.686. The van der Waals surface area contributed by atoms with Crippen LogP contribution < -0.4 is 5.73 Å². The number of aromatic nitrogens is 2. The Labute approximate surface area is 82.5 Å². The predicted molar refractivity (Wildman–Crippen MR) is 51.8 cm³/mol. The summed E-state index contributed by atoms with van der Waals surface area (Å²) in [6.07, 6.45) is 2.49. The fourth-order valence-corrected chi connectivity index (χ4v) is 1.34. The van der Waals surface area contributed by atoms with E-state index in [1.54, 1.807) is 4.68 Å². The Hall–Kier alpha value is -1.36. The Morgan fingerprint density at radius 1 is 1.79 bits per heavy atom. The first-order chi connectivity index (χ1) is 6.57. The molecular weight excluding hydrogens is 182 g/mol. The molecule has 0 aliphatic heterocycles. The van der Waals surface area contributed by atoms with Crippen molar-refractivity contribution < 1.29 is 9.90 Å². The van der Waals surface area contributed by atoms with Crippen molar-refractivity contribution in [1.82, 2.24) is 9.78 Å². The molecule has 1 unspecified atom stereocenters. The standard InChI is InChI=1S/C9H15N3O2/c1-3-4-12-6(2)7(5-11-12)8(10)9(13)14/h5,8H,3-4,10H2,1-2H3,(H,13,14). The zero-order valence-corrected chi connectivity index (χ0v) is 8.40. The van der Waals surface area contributed by atoms with Crippen molar-refractivity contribution in [2.75, 3.05) is 0 Å². The van der Waals surface area contributed by atoms with Crippen LogP contribution in [-0.4, -0.2) is 20.9 Å². The van der Waals surface area contributed by atoms with Crippen LogP contribution in [0.25, 0.3) is 0 Å². The van der Waals surface area contributed by atoms with E-state index < -0.39 is 12.0 Å². The number of hydrogen-bond acceptors (Lipinski definition) is 3. The van der Waals surface area contributed by atoms with Crippen LogP contribution in [0, 0.1) is 6.92 Å². The first-order valence-electron chi connectivity index (χ1n) is 4.58. The molecule has 1 aromatic heterocycles. The Kier molecular flexibility index (Phi) is 3.24. The fraction of sp³-hybridized carbons (Fsp3) is 0.556. The molecule has 0 aliphatic carbocycles. The van der Waals surface area contributed by atoms with E-state index in [2.05, 4.69) is 5.10 Å². The summed E-state index contributed by atoms with van der Waals surface area (Å²) in [6, 6.07) is -0.972. The van der Waals surface area contributed by atoms with Crippen LogP contribution in [0.1, 0.15) is 30.6 Å². The van der Waals surface area contributed by atoms with Gasteiger partial charge in [0.1, 0.15) is 6.04 Å². The lowest BCUT2D eigenvalue weighted by Crippen LogP contribution is -2.21. The number of carboxylic acids is 1. The number of carbonyl (C=O) groups is 1. The summed E-state index contributed by atoms with van der Waals surface area (Å²) in [5.74, 6) is -1.02. The maximum atomic E-state index is 10.7. The summed E-state index contributed by atoms with van der Waals surface area (Å²) in [7, 11) is 0. The van der Waals surface area contributed by atoms with Crippen molar-refractivity contribution in [2.24, 2.45) is 5.73 Å². The molecule has 1 heterocycles. The van der Waals surface area contributed by atoms with Gasteiger partial charge in [-0.3, -0.25) is 9.48 Å². The number of aliphatic carboxylic acids is 1. The molecule has 0 aliphatic rings. The second kappa shape index (κ2) is 4.23. The molecule has 1 rings (SSSR count). The van der Waals surface area contributed by atoms with Crippen LogP contribution in [0.5, 0.6) is 0 Å². The molecule has 0 aromatic carbocycles. The third kappa shape index (κ3) is 1.93. The van der Waals surface area contributed by atoms with Gasteiger partial charge in [0.25, 0.3) is 0 Å². The molecule has 0 amide bonds. The molecule has 0 saturated heterocycles. The highest BCUT2D eigenvalue weighted by molar-refractivity contribution is 5.75. The summed E-state index contributed by atoms with van der Waals surface area (Å²) in [6.45, 7) is 4.66. The van der Waals surface area contributed by atoms with Crippen LogP contribution in [0.15, 0.2) is 6.20 Å². The van der Waals surface area contributed by atoms with Crippen molar-refractivity contribution in [2.45, 2.75) is 32.9 Å². The third-order valence-electron chi connectivity index (χ3n) is 2.18.